The summed E-state index contributed by atoms with van der Waals surface area (Å²) in [6, 6.07) is 11.1. The average Bonchev–Trinajstić information content (AvgIpc) is 2.69. The predicted octanol–water partition coefficient (Wildman–Crippen LogP) is 3.54. The number of aliphatic hydroxyl groups is 1. The number of hydrogen-bond donors (Lipinski definition) is 2. The largest absolute Gasteiger partial charge is 0.493 e. The molecular weight excluding hydrogens is 370 g/mol. The molecule has 0 saturated carbocycles. The molecule has 2 aromatic carbocycles. The lowest BCUT2D eigenvalue weighted by Crippen LogP contribution is -2.32. The summed E-state index contributed by atoms with van der Waals surface area (Å²) >= 11 is 0. The van der Waals surface area contributed by atoms with Gasteiger partial charge in [-0.05, 0) is 41.7 Å². The summed E-state index contributed by atoms with van der Waals surface area (Å²) in [6.07, 6.45) is -0.872. The fourth-order valence-electron chi connectivity index (χ4n) is 2.94. The van der Waals surface area contributed by atoms with Gasteiger partial charge < -0.3 is 24.6 Å². The van der Waals surface area contributed by atoms with Crippen molar-refractivity contribution in [3.05, 3.63) is 53.1 Å². The van der Waals surface area contributed by atoms with Crippen molar-refractivity contribution in [2.24, 2.45) is 0 Å². The first-order chi connectivity index (χ1) is 13.7. The van der Waals surface area contributed by atoms with E-state index in [1.54, 1.807) is 25.3 Å². The second kappa shape index (κ2) is 9.65. The number of amides is 1. The van der Waals surface area contributed by atoms with Crippen molar-refractivity contribution in [1.82, 2.24) is 5.32 Å². The first-order valence-corrected chi connectivity index (χ1v) is 9.56. The highest BCUT2D eigenvalue weighted by Gasteiger charge is 2.20. The number of aryl methyl sites for hydroxylation is 1. The summed E-state index contributed by atoms with van der Waals surface area (Å²) in [6.45, 7) is 8.29. The first kappa shape index (κ1) is 22.6. The van der Waals surface area contributed by atoms with Crippen LogP contribution in [0.3, 0.4) is 0 Å². The Labute approximate surface area is 172 Å². The van der Waals surface area contributed by atoms with Gasteiger partial charge in [-0.1, -0.05) is 44.5 Å². The van der Waals surface area contributed by atoms with Gasteiger partial charge in [-0.3, -0.25) is 4.79 Å². The van der Waals surface area contributed by atoms with Crippen molar-refractivity contribution in [3.63, 3.8) is 0 Å². The van der Waals surface area contributed by atoms with E-state index in [-0.39, 0.29) is 24.5 Å². The van der Waals surface area contributed by atoms with Crippen LogP contribution in [0, 0.1) is 6.92 Å². The summed E-state index contributed by atoms with van der Waals surface area (Å²) in [7, 11) is 3.08. The molecule has 0 saturated heterocycles. The lowest BCUT2D eigenvalue weighted by atomic mass is 9.85. The molecule has 0 aliphatic rings. The second-order valence-electron chi connectivity index (χ2n) is 7.97. The number of methoxy groups -OCH3 is 2. The van der Waals surface area contributed by atoms with Crippen molar-refractivity contribution in [3.8, 4) is 17.2 Å². The summed E-state index contributed by atoms with van der Waals surface area (Å²) in [5, 5.41) is 13.1. The molecule has 0 radical (unpaired) electrons. The zero-order valence-corrected chi connectivity index (χ0v) is 18.0. The van der Waals surface area contributed by atoms with E-state index in [1.807, 2.05) is 19.1 Å². The van der Waals surface area contributed by atoms with Crippen molar-refractivity contribution in [1.29, 1.82) is 0 Å². The number of rotatable bonds is 8. The van der Waals surface area contributed by atoms with Crippen molar-refractivity contribution < 1.29 is 24.1 Å². The van der Waals surface area contributed by atoms with Gasteiger partial charge in [-0.25, -0.2) is 0 Å². The highest BCUT2D eigenvalue weighted by molar-refractivity contribution is 5.77. The van der Waals surface area contributed by atoms with Gasteiger partial charge in [0.25, 0.3) is 5.91 Å². The van der Waals surface area contributed by atoms with Crippen LogP contribution in [0.15, 0.2) is 36.4 Å². The molecule has 0 heterocycles. The minimum Gasteiger partial charge on any atom is -0.493 e. The van der Waals surface area contributed by atoms with E-state index in [0.29, 0.717) is 22.8 Å². The van der Waals surface area contributed by atoms with Gasteiger partial charge in [0.15, 0.2) is 18.1 Å². The van der Waals surface area contributed by atoms with Crippen LogP contribution in [0.25, 0.3) is 0 Å². The molecule has 0 aliphatic heterocycles. The van der Waals surface area contributed by atoms with Gasteiger partial charge in [0.1, 0.15) is 5.75 Å². The SMILES string of the molecule is COc1ccc(C(O)CNC(=O)COc2ccc(C)cc2C(C)(C)C)cc1OC. The molecule has 1 amide bonds. The Morgan fingerprint density at radius 3 is 2.31 bits per heavy atom. The Morgan fingerprint density at radius 1 is 1.03 bits per heavy atom. The number of ether oxygens (including phenoxy) is 3. The molecular formula is C23H31NO5. The quantitative estimate of drug-likeness (QED) is 0.708. The molecule has 2 aromatic rings. The number of hydrogen-bond acceptors (Lipinski definition) is 5. The summed E-state index contributed by atoms with van der Waals surface area (Å²) in [5.74, 6) is 1.49. The molecule has 0 bridgehead atoms. The fraction of sp³-hybridized carbons (Fsp3) is 0.435. The predicted molar refractivity (Wildman–Crippen MR) is 113 cm³/mol. The van der Waals surface area contributed by atoms with E-state index in [1.165, 1.54) is 7.11 Å². The number of carbonyl (C=O) groups is 1. The van der Waals surface area contributed by atoms with Gasteiger partial charge in [0, 0.05) is 6.54 Å². The summed E-state index contributed by atoms with van der Waals surface area (Å²) < 4.78 is 16.2. The van der Waals surface area contributed by atoms with Crippen LogP contribution < -0.4 is 19.5 Å². The lowest BCUT2D eigenvalue weighted by molar-refractivity contribution is -0.123. The van der Waals surface area contributed by atoms with Crippen LogP contribution in [0.2, 0.25) is 0 Å². The highest BCUT2D eigenvalue weighted by Crippen LogP contribution is 2.32. The topological polar surface area (TPSA) is 77.0 Å². The molecule has 6 nitrogen and oxygen atoms in total. The zero-order valence-electron chi connectivity index (χ0n) is 18.0. The van der Waals surface area contributed by atoms with Gasteiger partial charge in [-0.15, -0.1) is 0 Å². The maximum absolute atomic E-state index is 12.2. The van der Waals surface area contributed by atoms with E-state index >= 15 is 0 Å². The van der Waals surface area contributed by atoms with Crippen molar-refractivity contribution in [2.45, 2.75) is 39.2 Å². The molecule has 0 spiro atoms. The van der Waals surface area contributed by atoms with E-state index in [2.05, 4.69) is 32.2 Å². The van der Waals surface area contributed by atoms with Crippen LogP contribution in [0.1, 0.15) is 43.6 Å². The maximum Gasteiger partial charge on any atom is 0.258 e. The van der Waals surface area contributed by atoms with Gasteiger partial charge in [0.05, 0.1) is 20.3 Å². The summed E-state index contributed by atoms with van der Waals surface area (Å²) in [5.41, 5.74) is 2.72. The lowest BCUT2D eigenvalue weighted by Gasteiger charge is -2.23. The van der Waals surface area contributed by atoms with Crippen molar-refractivity contribution in [2.75, 3.05) is 27.4 Å². The monoisotopic (exact) mass is 401 g/mol. The Bertz CT molecular complexity index is 842. The molecule has 158 valence electrons. The normalized spacial score (nSPS) is 12.2. The standard InChI is InChI=1S/C23H31NO5/c1-15-7-9-19(17(11-15)23(2,3)4)29-14-22(26)24-13-18(25)16-8-10-20(27-5)21(12-16)28-6/h7-12,18,25H,13-14H2,1-6H3,(H,24,26). The molecule has 2 N–H and O–H groups in total. The number of benzene rings is 2. The van der Waals surface area contributed by atoms with Crippen molar-refractivity contribution >= 4 is 5.91 Å². The van der Waals surface area contributed by atoms with E-state index < -0.39 is 6.10 Å². The fourth-order valence-corrected chi connectivity index (χ4v) is 2.94. The Kier molecular flexibility index (Phi) is 7.51. The second-order valence-corrected chi connectivity index (χ2v) is 7.97. The highest BCUT2D eigenvalue weighted by atomic mass is 16.5. The minimum absolute atomic E-state index is 0.0672. The van der Waals surface area contributed by atoms with E-state index in [9.17, 15) is 9.90 Å². The molecule has 6 heteroatoms. The molecule has 29 heavy (non-hydrogen) atoms. The Hall–Kier alpha value is -2.73. The average molecular weight is 402 g/mol. The van der Waals surface area contributed by atoms with E-state index in [4.69, 9.17) is 14.2 Å². The number of carbonyl (C=O) groups excluding carboxylic acids is 1. The zero-order chi connectivity index (χ0) is 21.6. The van der Waals surface area contributed by atoms with E-state index in [0.717, 1.165) is 11.1 Å². The Morgan fingerprint density at radius 2 is 1.69 bits per heavy atom. The van der Waals surface area contributed by atoms with Gasteiger partial charge in [0.2, 0.25) is 0 Å². The molecule has 1 atom stereocenters. The molecule has 0 aromatic heterocycles. The third-order valence-electron chi connectivity index (χ3n) is 4.59. The van der Waals surface area contributed by atoms with Gasteiger partial charge in [-0.2, -0.15) is 0 Å². The smallest absolute Gasteiger partial charge is 0.258 e. The Balaban J connectivity index is 1.94. The molecule has 0 aliphatic carbocycles. The van der Waals surface area contributed by atoms with Crippen LogP contribution in [0.4, 0.5) is 0 Å². The summed E-state index contributed by atoms with van der Waals surface area (Å²) in [4.78, 5) is 12.2. The van der Waals surface area contributed by atoms with Gasteiger partial charge >= 0.3 is 0 Å². The maximum atomic E-state index is 12.2. The minimum atomic E-state index is -0.872. The van der Waals surface area contributed by atoms with Crippen LogP contribution >= 0.6 is 0 Å². The molecule has 2 rings (SSSR count). The first-order valence-electron chi connectivity index (χ1n) is 9.56. The van der Waals surface area contributed by atoms with Crippen LogP contribution in [-0.2, 0) is 10.2 Å². The molecule has 0 fully saturated rings. The van der Waals surface area contributed by atoms with Crippen LogP contribution in [-0.4, -0.2) is 38.4 Å². The molecule has 1 unspecified atom stereocenters. The van der Waals surface area contributed by atoms with Crippen LogP contribution in [0.5, 0.6) is 17.2 Å². The number of aliphatic hydroxyl groups excluding tert-OH is 1. The number of nitrogens with one attached hydrogen (secondary N) is 1. The third-order valence-corrected chi connectivity index (χ3v) is 4.59. The third kappa shape index (κ3) is 6.12.